The predicted octanol–water partition coefficient (Wildman–Crippen LogP) is -2.92. The standard InChI is InChI=1S/C20H26N6O7/c21-12(5-10-7-23-13-4-2-1-3-11(10)13)18(30)26-15(9-27)19(31)24-8-17(29)25-14(20(32)33)6-16(22)28/h1-4,7,12,14-15,23,27H,5-6,8-9,21H2,(H2,22,28)(H,24,31)(H,25,29)(H,26,30)(H,32,33). The van der Waals surface area contributed by atoms with E-state index in [9.17, 15) is 29.1 Å². The van der Waals surface area contributed by atoms with Crippen LogP contribution in [-0.4, -0.2) is 76.1 Å². The van der Waals surface area contributed by atoms with Crippen molar-refractivity contribution < 1.29 is 34.2 Å². The number of benzene rings is 1. The number of para-hydroxylation sites is 1. The third kappa shape index (κ3) is 7.29. The normalized spacial score (nSPS) is 13.5. The monoisotopic (exact) mass is 462 g/mol. The number of aromatic amines is 1. The van der Waals surface area contributed by atoms with Crippen LogP contribution in [0.2, 0.25) is 0 Å². The first kappa shape index (κ1) is 25.3. The van der Waals surface area contributed by atoms with Crippen molar-refractivity contribution in [1.82, 2.24) is 20.9 Å². The average Bonchev–Trinajstić information content (AvgIpc) is 3.17. The predicted molar refractivity (Wildman–Crippen MR) is 115 cm³/mol. The fourth-order valence-electron chi connectivity index (χ4n) is 3.04. The summed E-state index contributed by atoms with van der Waals surface area (Å²) in [6.45, 7) is -1.42. The maximum Gasteiger partial charge on any atom is 0.326 e. The topological polar surface area (TPSA) is 230 Å². The molecule has 2 aromatic rings. The molecule has 0 aliphatic carbocycles. The molecule has 3 unspecified atom stereocenters. The van der Waals surface area contributed by atoms with Crippen LogP contribution in [0.5, 0.6) is 0 Å². The number of nitrogens with two attached hydrogens (primary N) is 2. The number of aliphatic carboxylic acids is 1. The lowest BCUT2D eigenvalue weighted by atomic mass is 10.0. The lowest BCUT2D eigenvalue weighted by Gasteiger charge is -2.19. The summed E-state index contributed by atoms with van der Waals surface area (Å²) >= 11 is 0. The molecule has 0 radical (unpaired) electrons. The number of hydrogen-bond acceptors (Lipinski definition) is 7. The molecule has 1 aromatic carbocycles. The molecule has 0 aliphatic rings. The van der Waals surface area contributed by atoms with Crippen molar-refractivity contribution in [3.63, 3.8) is 0 Å². The van der Waals surface area contributed by atoms with E-state index in [1.54, 1.807) is 6.20 Å². The summed E-state index contributed by atoms with van der Waals surface area (Å²) in [6.07, 6.45) is 1.28. The molecule has 0 saturated heterocycles. The zero-order valence-corrected chi connectivity index (χ0v) is 17.5. The number of carbonyl (C=O) groups is 5. The van der Waals surface area contributed by atoms with Crippen molar-refractivity contribution in [1.29, 1.82) is 0 Å². The van der Waals surface area contributed by atoms with E-state index in [1.165, 1.54) is 0 Å². The highest BCUT2D eigenvalue weighted by molar-refractivity contribution is 5.93. The second-order valence-corrected chi connectivity index (χ2v) is 7.26. The summed E-state index contributed by atoms with van der Waals surface area (Å²) in [7, 11) is 0. The number of aliphatic hydroxyl groups excluding tert-OH is 1. The van der Waals surface area contributed by atoms with Crippen molar-refractivity contribution in [3.05, 3.63) is 36.0 Å². The molecule has 3 atom stereocenters. The van der Waals surface area contributed by atoms with Gasteiger partial charge in [0, 0.05) is 17.1 Å². The largest absolute Gasteiger partial charge is 0.480 e. The highest BCUT2D eigenvalue weighted by Gasteiger charge is 2.26. The van der Waals surface area contributed by atoms with Crippen LogP contribution in [0, 0.1) is 0 Å². The molecule has 13 heteroatoms. The number of carbonyl (C=O) groups excluding carboxylic acids is 4. The molecule has 13 nitrogen and oxygen atoms in total. The number of hydrogen-bond donors (Lipinski definition) is 8. The van der Waals surface area contributed by atoms with Gasteiger partial charge in [-0.2, -0.15) is 0 Å². The number of amides is 4. The van der Waals surface area contributed by atoms with Gasteiger partial charge in [0.25, 0.3) is 0 Å². The maximum atomic E-state index is 12.4. The minimum Gasteiger partial charge on any atom is -0.480 e. The third-order valence-electron chi connectivity index (χ3n) is 4.73. The Morgan fingerprint density at radius 3 is 2.36 bits per heavy atom. The number of H-pyrrole nitrogens is 1. The molecule has 1 aromatic heterocycles. The Kier molecular flexibility index (Phi) is 8.89. The van der Waals surface area contributed by atoms with E-state index in [1.807, 2.05) is 29.6 Å². The zero-order valence-electron chi connectivity index (χ0n) is 17.5. The van der Waals surface area contributed by atoms with Crippen LogP contribution in [0.1, 0.15) is 12.0 Å². The quantitative estimate of drug-likeness (QED) is 0.162. The van der Waals surface area contributed by atoms with Gasteiger partial charge in [0.05, 0.1) is 25.6 Å². The van der Waals surface area contributed by atoms with E-state index in [-0.39, 0.29) is 6.42 Å². The lowest BCUT2D eigenvalue weighted by molar-refractivity contribution is -0.143. The van der Waals surface area contributed by atoms with Crippen molar-refractivity contribution in [3.8, 4) is 0 Å². The number of fused-ring (bicyclic) bond motifs is 1. The Bertz CT molecular complexity index is 1040. The minimum atomic E-state index is -1.55. The van der Waals surface area contributed by atoms with E-state index in [4.69, 9.17) is 16.6 Å². The number of aliphatic hydroxyl groups is 1. The molecule has 10 N–H and O–H groups in total. The molecule has 4 amide bonds. The van der Waals surface area contributed by atoms with Crippen molar-refractivity contribution in [2.24, 2.45) is 11.5 Å². The molecule has 0 fully saturated rings. The van der Waals surface area contributed by atoms with Crippen LogP contribution in [0.25, 0.3) is 10.9 Å². The minimum absolute atomic E-state index is 0.175. The molecule has 1 heterocycles. The molecule has 2 rings (SSSR count). The van der Waals surface area contributed by atoms with Gasteiger partial charge in [0.1, 0.15) is 12.1 Å². The summed E-state index contributed by atoms with van der Waals surface area (Å²) in [6, 6.07) is 3.50. The van der Waals surface area contributed by atoms with Crippen LogP contribution < -0.4 is 27.4 Å². The smallest absolute Gasteiger partial charge is 0.326 e. The van der Waals surface area contributed by atoms with Gasteiger partial charge in [0.15, 0.2) is 0 Å². The van der Waals surface area contributed by atoms with E-state index in [0.717, 1.165) is 16.5 Å². The number of rotatable bonds is 12. The Morgan fingerprint density at radius 1 is 1.03 bits per heavy atom. The number of aromatic nitrogens is 1. The van der Waals surface area contributed by atoms with Crippen LogP contribution in [0.4, 0.5) is 0 Å². The highest BCUT2D eigenvalue weighted by atomic mass is 16.4. The molecule has 0 bridgehead atoms. The molecule has 0 saturated carbocycles. The summed E-state index contributed by atoms with van der Waals surface area (Å²) in [5, 5.41) is 25.8. The molecule has 178 valence electrons. The summed E-state index contributed by atoms with van der Waals surface area (Å²) in [5.74, 6) is -4.89. The lowest BCUT2D eigenvalue weighted by Crippen LogP contribution is -2.55. The Hall–Kier alpha value is -3.97. The van der Waals surface area contributed by atoms with E-state index < -0.39 is 67.3 Å². The van der Waals surface area contributed by atoms with Gasteiger partial charge in [-0.25, -0.2) is 4.79 Å². The van der Waals surface area contributed by atoms with Crippen LogP contribution >= 0.6 is 0 Å². The third-order valence-corrected chi connectivity index (χ3v) is 4.73. The van der Waals surface area contributed by atoms with Crippen LogP contribution in [-0.2, 0) is 30.4 Å². The molecule has 33 heavy (non-hydrogen) atoms. The Labute approximate surface area is 187 Å². The van der Waals surface area contributed by atoms with Crippen LogP contribution in [0.3, 0.4) is 0 Å². The average molecular weight is 462 g/mol. The Morgan fingerprint density at radius 2 is 1.73 bits per heavy atom. The second-order valence-electron chi connectivity index (χ2n) is 7.26. The second kappa shape index (κ2) is 11.6. The van der Waals surface area contributed by atoms with Gasteiger partial charge in [-0.05, 0) is 18.1 Å². The fourth-order valence-corrected chi connectivity index (χ4v) is 3.04. The van der Waals surface area contributed by atoms with Gasteiger partial charge >= 0.3 is 5.97 Å². The van der Waals surface area contributed by atoms with Crippen molar-refractivity contribution >= 4 is 40.5 Å². The number of carboxylic acids is 1. The Balaban J connectivity index is 1.87. The van der Waals surface area contributed by atoms with Crippen molar-refractivity contribution in [2.45, 2.75) is 31.0 Å². The summed E-state index contributed by atoms with van der Waals surface area (Å²) < 4.78 is 0. The molecule has 0 aliphatic heterocycles. The maximum absolute atomic E-state index is 12.4. The first-order valence-corrected chi connectivity index (χ1v) is 9.92. The molecule has 0 spiro atoms. The fraction of sp³-hybridized carbons (Fsp3) is 0.350. The molecular weight excluding hydrogens is 436 g/mol. The zero-order chi connectivity index (χ0) is 24.5. The van der Waals surface area contributed by atoms with Gasteiger partial charge in [-0.1, -0.05) is 18.2 Å². The SMILES string of the molecule is NC(=O)CC(NC(=O)CNC(=O)C(CO)NC(=O)C(N)Cc1c[nH]c2ccccc12)C(=O)O. The van der Waals surface area contributed by atoms with Gasteiger partial charge in [0.2, 0.25) is 23.6 Å². The highest BCUT2D eigenvalue weighted by Crippen LogP contribution is 2.18. The number of nitrogens with one attached hydrogen (secondary N) is 4. The van der Waals surface area contributed by atoms with E-state index in [2.05, 4.69) is 15.6 Å². The summed E-state index contributed by atoms with van der Waals surface area (Å²) in [5.41, 5.74) is 12.6. The van der Waals surface area contributed by atoms with Gasteiger partial charge in [-0.15, -0.1) is 0 Å². The van der Waals surface area contributed by atoms with Gasteiger partial charge in [-0.3, -0.25) is 19.2 Å². The first-order chi connectivity index (χ1) is 15.6. The number of primary amides is 1. The summed E-state index contributed by atoms with van der Waals surface area (Å²) in [4.78, 5) is 61.5. The van der Waals surface area contributed by atoms with Crippen molar-refractivity contribution in [2.75, 3.05) is 13.2 Å². The molecular formula is C20H26N6O7. The van der Waals surface area contributed by atoms with E-state index in [0.29, 0.717) is 0 Å². The van der Waals surface area contributed by atoms with Gasteiger partial charge < -0.3 is 42.6 Å². The van der Waals surface area contributed by atoms with Crippen LogP contribution in [0.15, 0.2) is 30.5 Å². The van der Waals surface area contributed by atoms with E-state index >= 15 is 0 Å². The number of carboxylic acid groups (broad SMARTS) is 1. The first-order valence-electron chi connectivity index (χ1n) is 9.92.